The molecular weight excluding hydrogens is 332 g/mol. The van der Waals surface area contributed by atoms with Gasteiger partial charge in [-0.3, -0.25) is 0 Å². The molecule has 2 aromatic carbocycles. The van der Waals surface area contributed by atoms with Crippen molar-refractivity contribution in [2.75, 3.05) is 6.61 Å². The second kappa shape index (κ2) is 9.51. The van der Waals surface area contributed by atoms with Crippen LogP contribution in [0.4, 0.5) is 0 Å². The van der Waals surface area contributed by atoms with Gasteiger partial charge in [-0.2, -0.15) is 0 Å². The van der Waals surface area contributed by atoms with Gasteiger partial charge >= 0.3 is 0 Å². The molecule has 1 aliphatic carbocycles. The topological polar surface area (TPSA) is 9.23 Å². The van der Waals surface area contributed by atoms with Crippen LogP contribution in [0.25, 0.3) is 0 Å². The molecule has 0 fully saturated rings. The molecule has 0 radical (unpaired) electrons. The number of hydrogen-bond donors (Lipinski definition) is 0. The van der Waals surface area contributed by atoms with Gasteiger partial charge in [-0.25, -0.2) is 0 Å². The van der Waals surface area contributed by atoms with Gasteiger partial charge in [-0.15, -0.1) is 0 Å². The van der Waals surface area contributed by atoms with Gasteiger partial charge in [0.25, 0.3) is 8.32 Å². The largest absolute Gasteiger partial charge is 0.401 e. The van der Waals surface area contributed by atoms with Crippen LogP contribution in [0.3, 0.4) is 0 Å². The van der Waals surface area contributed by atoms with Crippen LogP contribution >= 0.6 is 0 Å². The first-order valence-electron chi connectivity index (χ1n) is 9.59. The Labute approximate surface area is 158 Å². The molecule has 2 aromatic rings. The van der Waals surface area contributed by atoms with Crippen LogP contribution in [0.15, 0.2) is 96.2 Å². The minimum atomic E-state index is -2.44. The van der Waals surface area contributed by atoms with Gasteiger partial charge in [-0.1, -0.05) is 96.2 Å². The fourth-order valence-corrected chi connectivity index (χ4v) is 6.79. The van der Waals surface area contributed by atoms with Gasteiger partial charge in [0.1, 0.15) is 0 Å². The maximum atomic E-state index is 6.67. The zero-order chi connectivity index (χ0) is 18.1. The predicted molar refractivity (Wildman–Crippen MR) is 114 cm³/mol. The van der Waals surface area contributed by atoms with Gasteiger partial charge in [0, 0.05) is 0 Å². The number of benzene rings is 2. The van der Waals surface area contributed by atoms with Crippen molar-refractivity contribution in [3.05, 3.63) is 96.2 Å². The highest BCUT2D eigenvalue weighted by Crippen LogP contribution is 2.20. The Morgan fingerprint density at radius 1 is 0.923 bits per heavy atom. The van der Waals surface area contributed by atoms with Crippen molar-refractivity contribution in [2.45, 2.75) is 32.6 Å². The second-order valence-corrected chi connectivity index (χ2v) is 9.95. The van der Waals surface area contributed by atoms with Crippen LogP contribution in [0.2, 0.25) is 0 Å². The van der Waals surface area contributed by atoms with E-state index >= 15 is 0 Å². The van der Waals surface area contributed by atoms with E-state index in [0.717, 1.165) is 0 Å². The van der Waals surface area contributed by atoms with E-state index in [1.807, 2.05) is 6.92 Å². The molecule has 2 heteroatoms. The molecule has 3 rings (SSSR count). The lowest BCUT2D eigenvalue weighted by molar-refractivity contribution is 0.370. The van der Waals surface area contributed by atoms with Crippen LogP contribution in [0.1, 0.15) is 32.6 Å². The van der Waals surface area contributed by atoms with Gasteiger partial charge in [0.2, 0.25) is 0 Å². The van der Waals surface area contributed by atoms with Crippen molar-refractivity contribution in [2.24, 2.45) is 0 Å². The van der Waals surface area contributed by atoms with E-state index < -0.39 is 8.32 Å². The highest BCUT2D eigenvalue weighted by atomic mass is 28.4. The standard InChI is InChI=1S/C24H28OSi/c1-2-3-20-25-26(23-15-9-5-10-16-23,24-17-11-6-12-18-24)21-19-22-13-7-4-8-14-22/h2-3,5-6,9-13,15-19,21H,4,7-8,14,20H2,1H3/b3-2+,21-19+. The Balaban J connectivity index is 2.07. The lowest BCUT2D eigenvalue weighted by Gasteiger charge is -2.29. The van der Waals surface area contributed by atoms with Crippen molar-refractivity contribution in [1.29, 1.82) is 0 Å². The molecule has 0 heterocycles. The Morgan fingerprint density at radius 3 is 2.12 bits per heavy atom. The van der Waals surface area contributed by atoms with E-state index in [9.17, 15) is 0 Å². The average Bonchev–Trinajstić information content (AvgIpc) is 2.73. The molecule has 1 aliphatic rings. The van der Waals surface area contributed by atoms with Crippen LogP contribution < -0.4 is 10.4 Å². The first-order chi connectivity index (χ1) is 12.8. The molecule has 0 spiro atoms. The van der Waals surface area contributed by atoms with E-state index in [4.69, 9.17) is 4.43 Å². The van der Waals surface area contributed by atoms with Gasteiger partial charge in [-0.05, 0) is 43.0 Å². The summed E-state index contributed by atoms with van der Waals surface area (Å²) in [5, 5.41) is 2.59. The molecule has 0 aliphatic heterocycles. The smallest absolute Gasteiger partial charge is 0.281 e. The van der Waals surface area contributed by atoms with E-state index in [1.54, 1.807) is 0 Å². The molecule has 0 atom stereocenters. The number of rotatable bonds is 7. The van der Waals surface area contributed by atoms with Crippen molar-refractivity contribution in [1.82, 2.24) is 0 Å². The van der Waals surface area contributed by atoms with E-state index in [2.05, 4.69) is 90.7 Å². The molecule has 0 N–H and O–H groups in total. The summed E-state index contributed by atoms with van der Waals surface area (Å²) in [6, 6.07) is 21.5. The maximum Gasteiger partial charge on any atom is 0.281 e. The third-order valence-corrected chi connectivity index (χ3v) is 8.55. The van der Waals surface area contributed by atoms with Gasteiger partial charge in [0.05, 0.1) is 6.61 Å². The van der Waals surface area contributed by atoms with E-state index in [-0.39, 0.29) is 0 Å². The number of allylic oxidation sites excluding steroid dienone is 4. The molecule has 0 aromatic heterocycles. The first kappa shape index (κ1) is 18.6. The quantitative estimate of drug-likeness (QED) is 0.502. The lowest BCUT2D eigenvalue weighted by atomic mass is 10.00. The second-order valence-electron chi connectivity index (χ2n) is 6.71. The molecule has 0 unspecified atom stereocenters. The van der Waals surface area contributed by atoms with Crippen LogP contribution in [0.5, 0.6) is 0 Å². The summed E-state index contributed by atoms with van der Waals surface area (Å²) in [4.78, 5) is 0. The summed E-state index contributed by atoms with van der Waals surface area (Å²) in [6.45, 7) is 2.68. The van der Waals surface area contributed by atoms with Crippen LogP contribution in [-0.2, 0) is 4.43 Å². The predicted octanol–water partition coefficient (Wildman–Crippen LogP) is 4.93. The van der Waals surface area contributed by atoms with Crippen LogP contribution in [0, 0.1) is 0 Å². The van der Waals surface area contributed by atoms with Crippen LogP contribution in [-0.4, -0.2) is 14.9 Å². The fraction of sp³-hybridized carbons (Fsp3) is 0.250. The SMILES string of the molecule is C/C=C/CO[Si](/C=C/C1=CCCCC1)(c1ccccc1)c1ccccc1. The normalized spacial score (nSPS) is 15.5. The minimum absolute atomic E-state index is 0.635. The number of hydrogen-bond acceptors (Lipinski definition) is 1. The Bertz CT molecular complexity index is 720. The Hall–Kier alpha value is -2.16. The van der Waals surface area contributed by atoms with Gasteiger partial charge in [0.15, 0.2) is 0 Å². The summed E-state index contributed by atoms with van der Waals surface area (Å²) >= 11 is 0. The molecule has 134 valence electrons. The molecular formula is C24H28OSi. The average molecular weight is 361 g/mol. The van der Waals surface area contributed by atoms with Crippen molar-refractivity contribution >= 4 is 18.7 Å². The Kier molecular flexibility index (Phi) is 6.81. The zero-order valence-corrected chi connectivity index (χ0v) is 16.6. The summed E-state index contributed by atoms with van der Waals surface area (Å²) in [7, 11) is -2.44. The van der Waals surface area contributed by atoms with Gasteiger partial charge < -0.3 is 4.43 Å². The highest BCUT2D eigenvalue weighted by Gasteiger charge is 2.36. The highest BCUT2D eigenvalue weighted by molar-refractivity contribution is 7.01. The minimum Gasteiger partial charge on any atom is -0.401 e. The van der Waals surface area contributed by atoms with Crippen molar-refractivity contribution < 1.29 is 4.43 Å². The fourth-order valence-electron chi connectivity index (χ4n) is 3.46. The summed E-state index contributed by atoms with van der Waals surface area (Å²) in [6.07, 6.45) is 13.9. The lowest BCUT2D eigenvalue weighted by Crippen LogP contribution is -2.59. The van der Waals surface area contributed by atoms with E-state index in [0.29, 0.717) is 6.61 Å². The zero-order valence-electron chi connectivity index (χ0n) is 15.6. The summed E-state index contributed by atoms with van der Waals surface area (Å²) < 4.78 is 6.67. The summed E-state index contributed by atoms with van der Waals surface area (Å²) in [5.74, 6) is 0. The maximum absolute atomic E-state index is 6.67. The third-order valence-electron chi connectivity index (χ3n) is 4.91. The van der Waals surface area contributed by atoms with E-state index in [1.165, 1.54) is 41.6 Å². The van der Waals surface area contributed by atoms with Crippen molar-refractivity contribution in [3.8, 4) is 0 Å². The molecule has 0 saturated carbocycles. The molecule has 0 amide bonds. The third kappa shape index (κ3) is 4.51. The summed E-state index contributed by atoms with van der Waals surface area (Å²) in [5.41, 5.74) is 3.84. The molecule has 0 bridgehead atoms. The first-order valence-corrected chi connectivity index (χ1v) is 11.6. The molecule has 26 heavy (non-hydrogen) atoms. The molecule has 0 saturated heterocycles. The monoisotopic (exact) mass is 360 g/mol. The Morgan fingerprint density at radius 2 is 1.58 bits per heavy atom. The van der Waals surface area contributed by atoms with Crippen molar-refractivity contribution in [3.63, 3.8) is 0 Å². The molecule has 1 nitrogen and oxygen atoms in total.